The highest BCUT2D eigenvalue weighted by atomic mass is 16.2. The fraction of sp³-hybridized carbons (Fsp3) is 0.357. The Morgan fingerprint density at radius 2 is 2.11 bits per heavy atom. The smallest absolute Gasteiger partial charge is 0.249 e. The van der Waals surface area contributed by atoms with E-state index in [-0.39, 0.29) is 11.8 Å². The molecule has 0 bridgehead atoms. The van der Waals surface area contributed by atoms with E-state index in [4.69, 9.17) is 5.41 Å². The summed E-state index contributed by atoms with van der Waals surface area (Å²) in [6, 6.07) is 6.97. The standard InChI is InChI=1S/C14H17N3O2/c1-9(15)10-5-2-3-6-11(10)16-12-7-4-8-13(18)17-14(12)19/h2-3,5-6,12,15-16H,4,7-8H2,1H3,(H,17,18,19). The fourth-order valence-electron chi connectivity index (χ4n) is 2.15. The summed E-state index contributed by atoms with van der Waals surface area (Å²) in [7, 11) is 0. The van der Waals surface area contributed by atoms with Gasteiger partial charge in [-0.1, -0.05) is 18.2 Å². The van der Waals surface area contributed by atoms with E-state index in [9.17, 15) is 9.59 Å². The Morgan fingerprint density at radius 3 is 2.84 bits per heavy atom. The quantitative estimate of drug-likeness (QED) is 0.570. The van der Waals surface area contributed by atoms with Gasteiger partial charge in [-0.25, -0.2) is 0 Å². The van der Waals surface area contributed by atoms with Crippen LogP contribution in [-0.2, 0) is 9.59 Å². The molecule has 3 N–H and O–H groups in total. The summed E-state index contributed by atoms with van der Waals surface area (Å²) in [5, 5.41) is 13.2. The van der Waals surface area contributed by atoms with Gasteiger partial charge in [0.25, 0.3) is 0 Å². The topological polar surface area (TPSA) is 82.1 Å². The minimum atomic E-state index is -0.424. The highest BCUT2D eigenvalue weighted by Gasteiger charge is 2.24. The third kappa shape index (κ3) is 3.19. The van der Waals surface area contributed by atoms with Crippen molar-refractivity contribution in [2.24, 2.45) is 0 Å². The minimum absolute atomic E-state index is 0.217. The third-order valence-corrected chi connectivity index (χ3v) is 3.14. The number of para-hydroxylation sites is 1. The zero-order valence-corrected chi connectivity index (χ0v) is 10.8. The Balaban J connectivity index is 2.18. The molecule has 1 aromatic rings. The van der Waals surface area contributed by atoms with Crippen LogP contribution >= 0.6 is 0 Å². The molecule has 1 aliphatic rings. The van der Waals surface area contributed by atoms with Gasteiger partial charge < -0.3 is 10.7 Å². The first kappa shape index (κ1) is 13.3. The highest BCUT2D eigenvalue weighted by molar-refractivity contribution is 6.03. The molecular weight excluding hydrogens is 242 g/mol. The second-order valence-electron chi connectivity index (χ2n) is 4.67. The molecule has 1 heterocycles. The number of carbonyl (C=O) groups excluding carboxylic acids is 2. The molecule has 1 aliphatic heterocycles. The number of amides is 2. The van der Waals surface area contributed by atoms with Crippen LogP contribution in [0.2, 0.25) is 0 Å². The van der Waals surface area contributed by atoms with Gasteiger partial charge in [-0.2, -0.15) is 0 Å². The Labute approximate surface area is 111 Å². The number of rotatable bonds is 3. The monoisotopic (exact) mass is 259 g/mol. The van der Waals surface area contributed by atoms with Crippen molar-refractivity contribution < 1.29 is 9.59 Å². The molecule has 19 heavy (non-hydrogen) atoms. The predicted molar refractivity (Wildman–Crippen MR) is 73.4 cm³/mol. The maximum atomic E-state index is 11.9. The average molecular weight is 259 g/mol. The molecule has 1 atom stereocenters. The van der Waals surface area contributed by atoms with Crippen LogP contribution < -0.4 is 10.6 Å². The van der Waals surface area contributed by atoms with E-state index in [1.807, 2.05) is 24.3 Å². The van der Waals surface area contributed by atoms with Crippen molar-refractivity contribution in [2.75, 3.05) is 5.32 Å². The van der Waals surface area contributed by atoms with E-state index in [1.165, 1.54) is 0 Å². The summed E-state index contributed by atoms with van der Waals surface area (Å²) >= 11 is 0. The molecule has 1 unspecified atom stereocenters. The van der Waals surface area contributed by atoms with Crippen molar-refractivity contribution in [3.05, 3.63) is 29.8 Å². The Bertz CT molecular complexity index is 525. The molecule has 0 saturated carbocycles. The van der Waals surface area contributed by atoms with Gasteiger partial charge in [0.2, 0.25) is 11.8 Å². The lowest BCUT2D eigenvalue weighted by Crippen LogP contribution is -2.40. The second-order valence-corrected chi connectivity index (χ2v) is 4.67. The number of hydrogen-bond acceptors (Lipinski definition) is 4. The van der Waals surface area contributed by atoms with Crippen molar-refractivity contribution >= 4 is 23.2 Å². The first-order chi connectivity index (χ1) is 9.08. The van der Waals surface area contributed by atoms with E-state index < -0.39 is 6.04 Å². The van der Waals surface area contributed by atoms with E-state index in [1.54, 1.807) is 6.92 Å². The molecule has 0 radical (unpaired) electrons. The highest BCUT2D eigenvalue weighted by Crippen LogP contribution is 2.19. The zero-order chi connectivity index (χ0) is 13.8. The Morgan fingerprint density at radius 1 is 1.37 bits per heavy atom. The Hall–Kier alpha value is -2.17. The van der Waals surface area contributed by atoms with Crippen LogP contribution in [0.5, 0.6) is 0 Å². The molecule has 5 nitrogen and oxygen atoms in total. The van der Waals surface area contributed by atoms with Crippen LogP contribution in [0.25, 0.3) is 0 Å². The Kier molecular flexibility index (Phi) is 3.94. The summed E-state index contributed by atoms with van der Waals surface area (Å²) < 4.78 is 0. The van der Waals surface area contributed by atoms with Crippen LogP contribution in [0, 0.1) is 5.41 Å². The van der Waals surface area contributed by atoms with Crippen molar-refractivity contribution in [1.29, 1.82) is 5.41 Å². The van der Waals surface area contributed by atoms with Gasteiger partial charge in [0, 0.05) is 23.4 Å². The molecule has 1 fully saturated rings. The number of benzene rings is 1. The van der Waals surface area contributed by atoms with Gasteiger partial charge >= 0.3 is 0 Å². The predicted octanol–water partition coefficient (Wildman–Crippen LogP) is 1.68. The molecular formula is C14H17N3O2. The summed E-state index contributed by atoms with van der Waals surface area (Å²) in [4.78, 5) is 23.1. The van der Waals surface area contributed by atoms with Crippen LogP contribution in [0.1, 0.15) is 31.7 Å². The molecule has 0 spiro atoms. The molecule has 1 aromatic carbocycles. The number of imide groups is 1. The third-order valence-electron chi connectivity index (χ3n) is 3.14. The summed E-state index contributed by atoms with van der Waals surface area (Å²) in [6.07, 6.45) is 1.68. The van der Waals surface area contributed by atoms with Gasteiger partial charge in [-0.15, -0.1) is 0 Å². The van der Waals surface area contributed by atoms with Crippen LogP contribution in [0.4, 0.5) is 5.69 Å². The number of carbonyl (C=O) groups is 2. The van der Waals surface area contributed by atoms with Crippen molar-refractivity contribution in [2.45, 2.75) is 32.2 Å². The lowest BCUT2D eigenvalue weighted by Gasteiger charge is -2.18. The molecule has 100 valence electrons. The zero-order valence-electron chi connectivity index (χ0n) is 10.8. The normalized spacial score (nSPS) is 19.5. The maximum Gasteiger partial charge on any atom is 0.249 e. The first-order valence-corrected chi connectivity index (χ1v) is 6.32. The molecule has 2 rings (SSSR count). The number of nitrogens with one attached hydrogen (secondary N) is 3. The van der Waals surface area contributed by atoms with Gasteiger partial charge in [0.1, 0.15) is 6.04 Å². The van der Waals surface area contributed by atoms with E-state index in [2.05, 4.69) is 10.6 Å². The van der Waals surface area contributed by atoms with Crippen LogP contribution in [0.15, 0.2) is 24.3 Å². The first-order valence-electron chi connectivity index (χ1n) is 6.32. The van der Waals surface area contributed by atoms with Gasteiger partial charge in [0.05, 0.1) is 0 Å². The average Bonchev–Trinajstić information content (AvgIpc) is 2.52. The van der Waals surface area contributed by atoms with Gasteiger partial charge in [-0.3, -0.25) is 14.9 Å². The number of anilines is 1. The lowest BCUT2D eigenvalue weighted by atomic mass is 10.1. The van der Waals surface area contributed by atoms with Crippen LogP contribution in [0.3, 0.4) is 0 Å². The van der Waals surface area contributed by atoms with Gasteiger partial charge in [-0.05, 0) is 25.8 Å². The minimum Gasteiger partial charge on any atom is -0.373 e. The summed E-state index contributed by atoms with van der Waals surface area (Å²) in [6.45, 7) is 1.71. The molecule has 0 aromatic heterocycles. The van der Waals surface area contributed by atoms with Crippen molar-refractivity contribution in [1.82, 2.24) is 5.32 Å². The fourth-order valence-corrected chi connectivity index (χ4v) is 2.15. The maximum absolute atomic E-state index is 11.9. The van der Waals surface area contributed by atoms with Crippen molar-refractivity contribution in [3.63, 3.8) is 0 Å². The van der Waals surface area contributed by atoms with E-state index in [0.29, 0.717) is 25.0 Å². The largest absolute Gasteiger partial charge is 0.373 e. The molecule has 5 heteroatoms. The molecule has 0 aliphatic carbocycles. The summed E-state index contributed by atoms with van der Waals surface area (Å²) in [5.74, 6) is -0.509. The second kappa shape index (κ2) is 5.65. The van der Waals surface area contributed by atoms with Crippen molar-refractivity contribution in [3.8, 4) is 0 Å². The van der Waals surface area contributed by atoms with E-state index in [0.717, 1.165) is 11.3 Å². The lowest BCUT2D eigenvalue weighted by molar-refractivity contribution is -0.129. The van der Waals surface area contributed by atoms with E-state index >= 15 is 0 Å². The molecule has 2 amide bonds. The van der Waals surface area contributed by atoms with Crippen LogP contribution in [-0.4, -0.2) is 23.6 Å². The SMILES string of the molecule is CC(=N)c1ccccc1NC1CCCC(=O)NC1=O. The summed E-state index contributed by atoms with van der Waals surface area (Å²) in [5.41, 5.74) is 1.96. The van der Waals surface area contributed by atoms with Gasteiger partial charge in [0.15, 0.2) is 0 Å². The number of hydrogen-bond donors (Lipinski definition) is 3. The molecule has 1 saturated heterocycles.